The maximum Gasteiger partial charge on any atom is 0.251 e. The van der Waals surface area contributed by atoms with Crippen molar-refractivity contribution in [2.45, 2.75) is 31.8 Å². The summed E-state index contributed by atoms with van der Waals surface area (Å²) in [6.07, 6.45) is 3.17. The number of carbonyl (C=O) groups excluding carboxylic acids is 3. The molecule has 33 heavy (non-hydrogen) atoms. The summed E-state index contributed by atoms with van der Waals surface area (Å²) in [7, 11) is 3.47. The molecule has 0 aliphatic carbocycles. The first kappa shape index (κ1) is 24.3. The van der Waals surface area contributed by atoms with Gasteiger partial charge in [0.05, 0.1) is 12.6 Å². The van der Waals surface area contributed by atoms with E-state index in [-0.39, 0.29) is 30.4 Å². The van der Waals surface area contributed by atoms with Gasteiger partial charge in [-0.1, -0.05) is 12.1 Å². The molecule has 0 aromatic heterocycles. The third-order valence-corrected chi connectivity index (χ3v) is 5.45. The van der Waals surface area contributed by atoms with E-state index >= 15 is 0 Å². The van der Waals surface area contributed by atoms with Gasteiger partial charge in [-0.25, -0.2) is 0 Å². The predicted octanol–water partition coefficient (Wildman–Crippen LogP) is 2.67. The van der Waals surface area contributed by atoms with Gasteiger partial charge in [-0.05, 0) is 61.2 Å². The second-order valence-corrected chi connectivity index (χ2v) is 8.31. The summed E-state index contributed by atoms with van der Waals surface area (Å²) in [6.45, 7) is 1.37. The van der Waals surface area contributed by atoms with E-state index in [1.807, 2.05) is 24.3 Å². The summed E-state index contributed by atoms with van der Waals surface area (Å²) in [4.78, 5) is 37.9. The Bertz CT molecular complexity index is 953. The predicted molar refractivity (Wildman–Crippen MR) is 128 cm³/mol. The molecule has 3 N–H and O–H groups in total. The molecule has 2 aromatic carbocycles. The van der Waals surface area contributed by atoms with Crippen LogP contribution in [-0.2, 0) is 20.7 Å². The van der Waals surface area contributed by atoms with Crippen molar-refractivity contribution in [1.82, 2.24) is 10.2 Å². The average Bonchev–Trinajstić information content (AvgIpc) is 3.34. The highest BCUT2D eigenvalue weighted by Crippen LogP contribution is 2.14. The maximum atomic E-state index is 12.3. The average molecular weight is 453 g/mol. The van der Waals surface area contributed by atoms with E-state index in [1.165, 1.54) is 0 Å². The molecule has 176 valence electrons. The van der Waals surface area contributed by atoms with Gasteiger partial charge in [0.2, 0.25) is 11.8 Å². The number of aryl methyl sites for hydroxylation is 1. The van der Waals surface area contributed by atoms with Crippen molar-refractivity contribution in [1.29, 1.82) is 0 Å². The molecule has 8 nitrogen and oxygen atoms in total. The quantitative estimate of drug-likeness (QED) is 0.515. The Morgan fingerprint density at radius 2 is 1.85 bits per heavy atom. The molecule has 2 aromatic rings. The van der Waals surface area contributed by atoms with Crippen molar-refractivity contribution in [3.8, 4) is 0 Å². The fraction of sp³-hybridized carbons (Fsp3) is 0.400. The molecule has 1 aliphatic heterocycles. The van der Waals surface area contributed by atoms with Gasteiger partial charge in [0.1, 0.15) is 0 Å². The van der Waals surface area contributed by atoms with Gasteiger partial charge in [-0.15, -0.1) is 0 Å². The van der Waals surface area contributed by atoms with Crippen LogP contribution in [0.25, 0.3) is 0 Å². The molecule has 0 radical (unpaired) electrons. The Morgan fingerprint density at radius 1 is 1.06 bits per heavy atom. The highest BCUT2D eigenvalue weighted by Gasteiger charge is 2.16. The molecule has 1 saturated heterocycles. The van der Waals surface area contributed by atoms with Gasteiger partial charge in [0.15, 0.2) is 0 Å². The lowest BCUT2D eigenvalue weighted by Gasteiger charge is -2.12. The van der Waals surface area contributed by atoms with E-state index in [1.54, 1.807) is 43.3 Å². The number of hydrogen-bond donors (Lipinski definition) is 3. The molecule has 1 unspecified atom stereocenters. The first-order chi connectivity index (χ1) is 15.9. The highest BCUT2D eigenvalue weighted by atomic mass is 16.5. The van der Waals surface area contributed by atoms with Gasteiger partial charge in [-0.2, -0.15) is 0 Å². The van der Waals surface area contributed by atoms with Gasteiger partial charge in [0, 0.05) is 50.6 Å². The van der Waals surface area contributed by atoms with E-state index < -0.39 is 0 Å². The van der Waals surface area contributed by atoms with Gasteiger partial charge in [0.25, 0.3) is 5.91 Å². The number of nitrogens with zero attached hydrogens (tertiary/aromatic N) is 1. The number of benzene rings is 2. The van der Waals surface area contributed by atoms with Crippen molar-refractivity contribution < 1.29 is 19.1 Å². The summed E-state index contributed by atoms with van der Waals surface area (Å²) in [5, 5.41) is 8.82. The van der Waals surface area contributed by atoms with E-state index in [2.05, 4.69) is 16.0 Å². The number of ether oxygens (including phenoxy) is 1. The number of amides is 3. The number of rotatable bonds is 10. The van der Waals surface area contributed by atoms with Crippen LogP contribution in [0.1, 0.15) is 35.2 Å². The molecule has 8 heteroatoms. The van der Waals surface area contributed by atoms with Crippen LogP contribution in [0.5, 0.6) is 0 Å². The van der Waals surface area contributed by atoms with Gasteiger partial charge >= 0.3 is 0 Å². The van der Waals surface area contributed by atoms with Crippen LogP contribution in [0.3, 0.4) is 0 Å². The molecular formula is C25H32N4O4. The first-order valence-corrected chi connectivity index (χ1v) is 11.2. The normalized spacial score (nSPS) is 15.0. The minimum absolute atomic E-state index is 0.0694. The highest BCUT2D eigenvalue weighted by molar-refractivity contribution is 5.95. The lowest BCUT2D eigenvalue weighted by atomic mass is 10.1. The second-order valence-electron chi connectivity index (χ2n) is 8.31. The SMILES string of the molecule is CN(C)C(=O)CCc1cccc(NC(=O)CNc2ccc(C(=O)NCC3CCCO3)cc2)c1. The van der Waals surface area contributed by atoms with Gasteiger partial charge < -0.3 is 25.6 Å². The molecule has 0 bridgehead atoms. The zero-order valence-corrected chi connectivity index (χ0v) is 19.2. The van der Waals surface area contributed by atoms with Crippen LogP contribution in [0.15, 0.2) is 48.5 Å². The Kier molecular flexibility index (Phi) is 8.83. The standard InChI is InChI=1S/C25H32N4O4/c1-29(2)24(31)13-8-18-5-3-6-21(15-18)28-23(30)17-26-20-11-9-19(10-12-20)25(32)27-16-22-7-4-14-33-22/h3,5-6,9-12,15,22,26H,4,7-8,13-14,16-17H2,1-2H3,(H,27,32)(H,28,30). The summed E-state index contributed by atoms with van der Waals surface area (Å²) in [5.74, 6) is -0.253. The van der Waals surface area contributed by atoms with Crippen molar-refractivity contribution in [2.75, 3.05) is 44.4 Å². The Hall–Kier alpha value is -3.39. The molecule has 3 amide bonds. The van der Waals surface area contributed by atoms with Crippen LogP contribution in [-0.4, -0.2) is 62.5 Å². The number of nitrogens with one attached hydrogen (secondary N) is 3. The monoisotopic (exact) mass is 452 g/mol. The molecule has 0 saturated carbocycles. The lowest BCUT2D eigenvalue weighted by molar-refractivity contribution is -0.128. The van der Waals surface area contributed by atoms with Gasteiger partial charge in [-0.3, -0.25) is 14.4 Å². The van der Waals surface area contributed by atoms with E-state index in [0.29, 0.717) is 30.6 Å². The summed E-state index contributed by atoms with van der Waals surface area (Å²) < 4.78 is 5.51. The Morgan fingerprint density at radius 3 is 2.55 bits per heavy atom. The zero-order chi connectivity index (χ0) is 23.6. The first-order valence-electron chi connectivity index (χ1n) is 11.2. The van der Waals surface area contributed by atoms with Crippen LogP contribution < -0.4 is 16.0 Å². The van der Waals surface area contributed by atoms with Crippen molar-refractivity contribution >= 4 is 29.1 Å². The third kappa shape index (κ3) is 7.91. The third-order valence-electron chi connectivity index (χ3n) is 5.45. The number of carbonyl (C=O) groups is 3. The van der Waals surface area contributed by atoms with Crippen LogP contribution in [0.2, 0.25) is 0 Å². The van der Waals surface area contributed by atoms with Crippen LogP contribution >= 0.6 is 0 Å². The largest absolute Gasteiger partial charge is 0.376 e. The van der Waals surface area contributed by atoms with E-state index in [9.17, 15) is 14.4 Å². The zero-order valence-electron chi connectivity index (χ0n) is 19.2. The Labute approximate surface area is 194 Å². The molecule has 3 rings (SSSR count). The molecule has 1 heterocycles. The fourth-order valence-corrected chi connectivity index (χ4v) is 3.52. The topological polar surface area (TPSA) is 99.8 Å². The van der Waals surface area contributed by atoms with Crippen LogP contribution in [0, 0.1) is 0 Å². The summed E-state index contributed by atoms with van der Waals surface area (Å²) in [6, 6.07) is 14.5. The molecule has 1 fully saturated rings. The summed E-state index contributed by atoms with van der Waals surface area (Å²) in [5.41, 5.74) is 2.99. The Balaban J connectivity index is 1.42. The number of anilines is 2. The second kappa shape index (κ2) is 12.0. The van der Waals surface area contributed by atoms with Crippen molar-refractivity contribution in [3.63, 3.8) is 0 Å². The molecule has 0 spiro atoms. The summed E-state index contributed by atoms with van der Waals surface area (Å²) >= 11 is 0. The number of hydrogen-bond acceptors (Lipinski definition) is 5. The van der Waals surface area contributed by atoms with Crippen molar-refractivity contribution in [3.05, 3.63) is 59.7 Å². The fourth-order valence-electron chi connectivity index (χ4n) is 3.52. The van der Waals surface area contributed by atoms with E-state index in [0.717, 1.165) is 30.7 Å². The van der Waals surface area contributed by atoms with E-state index in [4.69, 9.17) is 4.74 Å². The molecule has 1 aliphatic rings. The lowest BCUT2D eigenvalue weighted by Crippen LogP contribution is -2.31. The van der Waals surface area contributed by atoms with Crippen molar-refractivity contribution in [2.24, 2.45) is 0 Å². The minimum Gasteiger partial charge on any atom is -0.376 e. The molecule has 1 atom stereocenters. The smallest absolute Gasteiger partial charge is 0.251 e. The maximum absolute atomic E-state index is 12.3. The minimum atomic E-state index is -0.185. The van der Waals surface area contributed by atoms with Crippen LogP contribution in [0.4, 0.5) is 11.4 Å². The molecular weight excluding hydrogens is 420 g/mol.